The lowest BCUT2D eigenvalue weighted by atomic mass is 10.1. The lowest BCUT2D eigenvalue weighted by molar-refractivity contribution is -0.117. The second-order valence-electron chi connectivity index (χ2n) is 6.97. The summed E-state index contributed by atoms with van der Waals surface area (Å²) in [5, 5.41) is 2.54. The zero-order valence-electron chi connectivity index (χ0n) is 17.4. The van der Waals surface area contributed by atoms with Crippen LogP contribution >= 0.6 is 23.2 Å². The fraction of sp³-hybridized carbons (Fsp3) is 0.130. The maximum atomic E-state index is 13.1. The summed E-state index contributed by atoms with van der Waals surface area (Å²) in [5.41, 5.74) is 1.43. The van der Waals surface area contributed by atoms with Crippen LogP contribution in [0, 0.1) is 0 Å². The molecule has 0 heterocycles. The molecular weight excluding hydrogens is 487 g/mol. The molecule has 1 unspecified atom stereocenters. The molecule has 3 rings (SSSR count). The molecule has 3 aromatic rings. The summed E-state index contributed by atoms with van der Waals surface area (Å²) in [6.07, 6.45) is 0.0776. The van der Waals surface area contributed by atoms with Crippen molar-refractivity contribution in [3.63, 3.8) is 0 Å². The van der Waals surface area contributed by atoms with Crippen LogP contribution in [0.5, 0.6) is 0 Å². The van der Waals surface area contributed by atoms with Gasteiger partial charge in [0, 0.05) is 5.69 Å². The van der Waals surface area contributed by atoms with E-state index in [1.807, 2.05) is 6.07 Å². The Bertz CT molecular complexity index is 1230. The molecule has 3 aromatic carbocycles. The normalized spacial score (nSPS) is 12.1. The predicted octanol–water partition coefficient (Wildman–Crippen LogP) is 4.31. The number of hydrogen-bond acceptors (Lipinski definition) is 5. The van der Waals surface area contributed by atoms with Crippen molar-refractivity contribution in [2.24, 2.45) is 0 Å². The number of amides is 1. The second-order valence-corrected chi connectivity index (χ2v) is 9.44. The smallest absolute Gasteiger partial charge is 0.337 e. The van der Waals surface area contributed by atoms with Crippen LogP contribution in [-0.4, -0.2) is 33.4 Å². The molecule has 1 atom stereocenters. The quantitative estimate of drug-likeness (QED) is 0.443. The van der Waals surface area contributed by atoms with Gasteiger partial charge in [-0.25, -0.2) is 13.2 Å². The summed E-state index contributed by atoms with van der Waals surface area (Å²) in [4.78, 5) is 24.4. The van der Waals surface area contributed by atoms with Gasteiger partial charge in [-0.1, -0.05) is 59.6 Å². The van der Waals surface area contributed by atoms with Crippen molar-refractivity contribution in [2.75, 3.05) is 12.4 Å². The third-order valence-electron chi connectivity index (χ3n) is 4.66. The molecular formula is C23H20Cl2N2O5S. The van der Waals surface area contributed by atoms with Crippen molar-refractivity contribution in [2.45, 2.75) is 17.4 Å². The monoisotopic (exact) mass is 506 g/mol. The zero-order chi connectivity index (χ0) is 24.0. The number of esters is 1. The number of carbonyl (C=O) groups is 2. The first kappa shape index (κ1) is 24.7. The summed E-state index contributed by atoms with van der Waals surface area (Å²) >= 11 is 12.2. The van der Waals surface area contributed by atoms with E-state index in [2.05, 4.69) is 14.8 Å². The van der Waals surface area contributed by atoms with E-state index in [9.17, 15) is 18.0 Å². The third kappa shape index (κ3) is 6.33. The minimum Gasteiger partial charge on any atom is -0.465 e. The van der Waals surface area contributed by atoms with E-state index in [4.69, 9.17) is 23.2 Å². The average molecular weight is 507 g/mol. The Labute approximate surface area is 201 Å². The minimum atomic E-state index is -4.24. The number of methoxy groups -OCH3 is 1. The van der Waals surface area contributed by atoms with Crippen LogP contribution in [0.25, 0.3) is 0 Å². The van der Waals surface area contributed by atoms with Gasteiger partial charge < -0.3 is 10.1 Å². The Morgan fingerprint density at radius 3 is 2.09 bits per heavy atom. The highest BCUT2D eigenvalue weighted by molar-refractivity contribution is 7.89. The molecule has 10 heteroatoms. The lowest BCUT2D eigenvalue weighted by Crippen LogP contribution is -2.45. The van der Waals surface area contributed by atoms with Crippen LogP contribution in [0.3, 0.4) is 0 Å². The van der Waals surface area contributed by atoms with Gasteiger partial charge in [-0.3, -0.25) is 4.79 Å². The Hall–Kier alpha value is -2.91. The molecule has 2 N–H and O–H groups in total. The summed E-state index contributed by atoms with van der Waals surface area (Å²) in [6.45, 7) is 0. The van der Waals surface area contributed by atoms with E-state index in [1.54, 1.807) is 24.3 Å². The first-order valence-electron chi connectivity index (χ1n) is 9.71. The summed E-state index contributed by atoms with van der Waals surface area (Å²) in [6, 6.07) is 18.1. The zero-order valence-corrected chi connectivity index (χ0v) is 19.7. The van der Waals surface area contributed by atoms with E-state index in [0.29, 0.717) is 11.3 Å². The Balaban J connectivity index is 1.88. The van der Waals surface area contributed by atoms with Gasteiger partial charge in [0.1, 0.15) is 10.9 Å². The molecule has 7 nitrogen and oxygen atoms in total. The number of ether oxygens (including phenoxy) is 1. The molecule has 0 aliphatic heterocycles. The molecule has 0 bridgehead atoms. The van der Waals surface area contributed by atoms with E-state index >= 15 is 0 Å². The fourth-order valence-corrected chi connectivity index (χ4v) is 5.40. The Kier molecular flexibility index (Phi) is 8.10. The van der Waals surface area contributed by atoms with Gasteiger partial charge in [-0.05, 0) is 48.4 Å². The van der Waals surface area contributed by atoms with Crippen molar-refractivity contribution >= 4 is 50.8 Å². The van der Waals surface area contributed by atoms with Crippen LogP contribution in [0.4, 0.5) is 5.69 Å². The highest BCUT2D eigenvalue weighted by Gasteiger charge is 2.29. The maximum absolute atomic E-state index is 13.1. The molecule has 0 fully saturated rings. The number of rotatable bonds is 8. The predicted molar refractivity (Wildman–Crippen MR) is 127 cm³/mol. The number of benzene rings is 3. The molecule has 0 aliphatic carbocycles. The van der Waals surface area contributed by atoms with E-state index in [1.165, 1.54) is 49.6 Å². The maximum Gasteiger partial charge on any atom is 0.337 e. The third-order valence-corrected chi connectivity index (χ3v) is 7.08. The number of hydrogen-bond donors (Lipinski definition) is 2. The number of nitrogens with one attached hydrogen (secondary N) is 2. The number of halogens is 2. The second kappa shape index (κ2) is 10.8. The molecule has 172 valence electrons. The number of sulfonamides is 1. The van der Waals surface area contributed by atoms with Gasteiger partial charge in [-0.2, -0.15) is 4.72 Å². The van der Waals surface area contributed by atoms with E-state index in [0.717, 1.165) is 5.56 Å². The van der Waals surface area contributed by atoms with Gasteiger partial charge in [0.15, 0.2) is 0 Å². The average Bonchev–Trinajstić information content (AvgIpc) is 2.79. The molecule has 0 saturated carbocycles. The molecule has 33 heavy (non-hydrogen) atoms. The highest BCUT2D eigenvalue weighted by atomic mass is 35.5. The van der Waals surface area contributed by atoms with Crippen molar-refractivity contribution in [1.82, 2.24) is 4.72 Å². The largest absolute Gasteiger partial charge is 0.465 e. The first-order valence-corrected chi connectivity index (χ1v) is 11.9. The highest BCUT2D eigenvalue weighted by Crippen LogP contribution is 2.29. The van der Waals surface area contributed by atoms with Crippen LogP contribution in [0.1, 0.15) is 15.9 Å². The first-order chi connectivity index (χ1) is 15.7. The number of anilines is 1. The van der Waals surface area contributed by atoms with Crippen LogP contribution in [0.2, 0.25) is 10.0 Å². The van der Waals surface area contributed by atoms with E-state index < -0.39 is 27.9 Å². The van der Waals surface area contributed by atoms with Crippen molar-refractivity contribution < 1.29 is 22.7 Å². The van der Waals surface area contributed by atoms with Crippen molar-refractivity contribution in [1.29, 1.82) is 0 Å². The minimum absolute atomic E-state index is 0.0627. The summed E-state index contributed by atoms with van der Waals surface area (Å²) in [7, 11) is -2.97. The van der Waals surface area contributed by atoms with Crippen molar-refractivity contribution in [3.05, 3.63) is 94.0 Å². The number of carbonyl (C=O) groups excluding carboxylic acids is 2. The van der Waals surface area contributed by atoms with E-state index in [-0.39, 0.29) is 21.4 Å². The Morgan fingerprint density at radius 1 is 0.909 bits per heavy atom. The van der Waals surface area contributed by atoms with Gasteiger partial charge in [0.25, 0.3) is 0 Å². The van der Waals surface area contributed by atoms with Crippen LogP contribution in [0.15, 0.2) is 77.7 Å². The summed E-state index contributed by atoms with van der Waals surface area (Å²) in [5.74, 6) is -1.12. The van der Waals surface area contributed by atoms with Gasteiger partial charge in [0.2, 0.25) is 15.9 Å². The molecule has 0 saturated heterocycles. The molecule has 0 radical (unpaired) electrons. The van der Waals surface area contributed by atoms with Gasteiger partial charge >= 0.3 is 5.97 Å². The standard InChI is InChI=1S/C23H20Cl2N2O5S/c1-32-23(29)16-10-12-17(13-11-16)26-22(28)20(14-15-6-3-2-4-7-15)27-33(30,31)21-18(24)8-5-9-19(21)25/h2-13,20,27H,14H2,1H3,(H,26,28). The SMILES string of the molecule is COC(=O)c1ccc(NC(=O)C(Cc2ccccc2)NS(=O)(=O)c2c(Cl)cccc2Cl)cc1. The fourth-order valence-electron chi connectivity index (χ4n) is 3.06. The van der Waals surface area contributed by atoms with Crippen LogP contribution < -0.4 is 10.0 Å². The van der Waals surface area contributed by atoms with Crippen LogP contribution in [-0.2, 0) is 26.0 Å². The lowest BCUT2D eigenvalue weighted by Gasteiger charge is -2.20. The van der Waals surface area contributed by atoms with Gasteiger partial charge in [-0.15, -0.1) is 0 Å². The van der Waals surface area contributed by atoms with Crippen molar-refractivity contribution in [3.8, 4) is 0 Å². The molecule has 1 amide bonds. The topological polar surface area (TPSA) is 102 Å². The molecule has 0 aliphatic rings. The van der Waals surface area contributed by atoms with Gasteiger partial charge in [0.05, 0.1) is 22.7 Å². The molecule has 0 spiro atoms. The summed E-state index contributed by atoms with van der Waals surface area (Å²) < 4.78 is 33.2. The molecule has 0 aromatic heterocycles. The Morgan fingerprint density at radius 2 is 1.52 bits per heavy atom.